The van der Waals surface area contributed by atoms with Gasteiger partial charge in [-0.05, 0) is 25.3 Å². The number of hydrogen-bond donors (Lipinski definition) is 1. The highest BCUT2D eigenvalue weighted by atomic mass is 32.2. The molecule has 0 radical (unpaired) electrons. The van der Waals surface area contributed by atoms with Gasteiger partial charge in [0.05, 0.1) is 11.3 Å². The summed E-state index contributed by atoms with van der Waals surface area (Å²) in [7, 11) is -3.29. The number of benzene rings is 1. The second-order valence-corrected chi connectivity index (χ2v) is 8.26. The molecule has 1 saturated heterocycles. The highest BCUT2D eigenvalue weighted by Gasteiger charge is 2.35. The van der Waals surface area contributed by atoms with Gasteiger partial charge in [0.2, 0.25) is 15.9 Å². The maximum absolute atomic E-state index is 13.2. The molecule has 1 fully saturated rings. The molecule has 0 bridgehead atoms. The molecule has 144 valence electrons. The number of nitrogens with one attached hydrogen (secondary N) is 1. The van der Waals surface area contributed by atoms with Crippen LogP contribution in [0.25, 0.3) is 5.57 Å². The van der Waals surface area contributed by atoms with Crippen molar-refractivity contribution >= 4 is 21.5 Å². The van der Waals surface area contributed by atoms with E-state index in [9.17, 15) is 26.4 Å². The topological polar surface area (TPSA) is 66.5 Å². The molecule has 0 saturated carbocycles. The molecule has 1 aromatic rings. The van der Waals surface area contributed by atoms with Gasteiger partial charge in [-0.2, -0.15) is 13.2 Å². The number of piperidine rings is 1. The van der Waals surface area contributed by atoms with Crippen LogP contribution in [0.5, 0.6) is 0 Å². The van der Waals surface area contributed by atoms with Crippen LogP contribution < -0.4 is 5.32 Å². The molecule has 0 spiro atoms. The number of halogens is 3. The summed E-state index contributed by atoms with van der Waals surface area (Å²) >= 11 is 0. The summed E-state index contributed by atoms with van der Waals surface area (Å²) in [5, 5.41) is 2.54. The van der Waals surface area contributed by atoms with E-state index >= 15 is 0 Å². The van der Waals surface area contributed by atoms with E-state index in [1.54, 1.807) is 13.0 Å². The highest BCUT2D eigenvalue weighted by Crippen LogP contribution is 2.33. The third-order valence-electron chi connectivity index (χ3n) is 4.22. The van der Waals surface area contributed by atoms with E-state index in [1.165, 1.54) is 28.6 Å². The summed E-state index contributed by atoms with van der Waals surface area (Å²) in [5.74, 6) is -0.836. The lowest BCUT2D eigenvalue weighted by molar-refractivity contribution is -0.117. The lowest BCUT2D eigenvalue weighted by Gasteiger charge is -2.31. The van der Waals surface area contributed by atoms with Crippen molar-refractivity contribution in [3.8, 4) is 0 Å². The minimum absolute atomic E-state index is 0.00121. The van der Waals surface area contributed by atoms with Crippen molar-refractivity contribution < 1.29 is 26.4 Å². The van der Waals surface area contributed by atoms with Crippen molar-refractivity contribution in [2.45, 2.75) is 32.0 Å². The second-order valence-electron chi connectivity index (χ2n) is 6.00. The minimum atomic E-state index is -4.66. The number of amides is 1. The van der Waals surface area contributed by atoms with Gasteiger partial charge in [0.1, 0.15) is 0 Å². The summed E-state index contributed by atoms with van der Waals surface area (Å²) < 4.78 is 64.7. The van der Waals surface area contributed by atoms with Crippen molar-refractivity contribution in [3.05, 3.63) is 42.0 Å². The van der Waals surface area contributed by atoms with Crippen molar-refractivity contribution in [1.82, 2.24) is 9.62 Å². The minimum Gasteiger partial charge on any atom is -0.350 e. The molecule has 0 atom stereocenters. The number of alkyl halides is 3. The zero-order valence-electron chi connectivity index (χ0n) is 14.3. The van der Waals surface area contributed by atoms with Crippen LogP contribution in [0.4, 0.5) is 13.2 Å². The normalized spacial score (nSPS) is 17.9. The number of hydrogen-bond acceptors (Lipinski definition) is 3. The van der Waals surface area contributed by atoms with Crippen LogP contribution in [-0.2, 0) is 14.8 Å². The van der Waals surface area contributed by atoms with Crippen molar-refractivity contribution in [2.75, 3.05) is 18.8 Å². The molecule has 1 aliphatic heterocycles. The van der Waals surface area contributed by atoms with E-state index in [1.807, 2.05) is 0 Å². The summed E-state index contributed by atoms with van der Waals surface area (Å²) in [4.78, 5) is 12.1. The first kappa shape index (κ1) is 20.4. The summed E-state index contributed by atoms with van der Waals surface area (Å²) in [6.45, 7) is 2.04. The van der Waals surface area contributed by atoms with Gasteiger partial charge in [-0.15, -0.1) is 0 Å². The summed E-state index contributed by atoms with van der Waals surface area (Å²) in [5.41, 5.74) is -1.10. The number of carbonyl (C=O) groups is 1. The molecule has 1 amide bonds. The highest BCUT2D eigenvalue weighted by molar-refractivity contribution is 7.89. The molecule has 9 heteroatoms. The Bertz CT molecular complexity index is 753. The molecule has 0 unspecified atom stereocenters. The first-order valence-corrected chi connectivity index (χ1v) is 9.87. The number of allylic oxidation sites excluding steroid dienone is 1. The number of carbonyl (C=O) groups excluding carboxylic acids is 1. The molecule has 2 rings (SSSR count). The molecule has 26 heavy (non-hydrogen) atoms. The first-order valence-electron chi connectivity index (χ1n) is 8.26. The maximum atomic E-state index is 13.2. The summed E-state index contributed by atoms with van der Waals surface area (Å²) in [6, 6.07) is 6.76. The molecular formula is C17H21F3N2O3S. The van der Waals surface area contributed by atoms with Gasteiger partial charge < -0.3 is 5.32 Å². The average Bonchev–Trinajstić information content (AvgIpc) is 2.60. The fraction of sp³-hybridized carbons (Fsp3) is 0.471. The van der Waals surface area contributed by atoms with E-state index in [2.05, 4.69) is 5.32 Å². The zero-order chi connectivity index (χ0) is 19.4. The average molecular weight is 390 g/mol. The predicted molar refractivity (Wildman–Crippen MR) is 92.7 cm³/mol. The van der Waals surface area contributed by atoms with Crippen molar-refractivity contribution in [2.24, 2.45) is 0 Å². The monoisotopic (exact) mass is 390 g/mol. The van der Waals surface area contributed by atoms with Gasteiger partial charge in [0.15, 0.2) is 0 Å². The Morgan fingerprint density at radius 1 is 1.23 bits per heavy atom. The molecule has 5 nitrogen and oxygen atoms in total. The Morgan fingerprint density at radius 3 is 2.31 bits per heavy atom. The van der Waals surface area contributed by atoms with Crippen LogP contribution in [0.3, 0.4) is 0 Å². The molecule has 0 aliphatic carbocycles. The van der Waals surface area contributed by atoms with E-state index in [0.29, 0.717) is 18.9 Å². The van der Waals surface area contributed by atoms with E-state index < -0.39 is 27.7 Å². The van der Waals surface area contributed by atoms with Gasteiger partial charge >= 0.3 is 6.18 Å². The van der Waals surface area contributed by atoms with Crippen molar-refractivity contribution in [3.63, 3.8) is 0 Å². The number of sulfonamides is 1. The smallest absolute Gasteiger partial charge is 0.350 e. The quantitative estimate of drug-likeness (QED) is 0.786. The van der Waals surface area contributed by atoms with Gasteiger partial charge in [-0.25, -0.2) is 12.7 Å². The molecule has 1 N–H and O–H groups in total. The largest absolute Gasteiger partial charge is 0.417 e. The zero-order valence-corrected chi connectivity index (χ0v) is 15.1. The van der Waals surface area contributed by atoms with E-state index in [0.717, 1.165) is 0 Å². The second kappa shape index (κ2) is 8.22. The fourth-order valence-electron chi connectivity index (χ4n) is 2.78. The maximum Gasteiger partial charge on any atom is 0.417 e. The molecular weight excluding hydrogens is 369 g/mol. The standard InChI is InChI=1S/C17H21F3N2O3S/c1-2-26(24,25)22-10-8-14(9-11-22)21-16(23)12-15(17(18,19)20)13-6-4-3-5-7-13/h3-7,12,14H,2,8-11H2,1H3,(H,21,23)/b15-12+. The van der Waals surface area contributed by atoms with Crippen LogP contribution in [0.1, 0.15) is 25.3 Å². The molecule has 1 aliphatic rings. The molecule has 1 heterocycles. The Hall–Kier alpha value is -1.87. The lowest BCUT2D eigenvalue weighted by atomic mass is 10.0. The first-order chi connectivity index (χ1) is 12.1. The molecule has 1 aromatic carbocycles. The number of rotatable bonds is 5. The van der Waals surface area contributed by atoms with E-state index in [4.69, 9.17) is 0 Å². The third-order valence-corrected chi connectivity index (χ3v) is 6.11. The van der Waals surface area contributed by atoms with Crippen LogP contribution in [0, 0.1) is 0 Å². The lowest BCUT2D eigenvalue weighted by Crippen LogP contribution is -2.46. The fourth-order valence-corrected chi connectivity index (χ4v) is 3.91. The number of nitrogens with zero attached hydrogens (tertiary/aromatic N) is 1. The van der Waals surface area contributed by atoms with Crippen LogP contribution in [0.2, 0.25) is 0 Å². The van der Waals surface area contributed by atoms with Gasteiger partial charge in [0, 0.05) is 25.2 Å². The third kappa shape index (κ3) is 5.31. The summed E-state index contributed by atoms with van der Waals surface area (Å²) in [6.07, 6.45) is -3.36. The van der Waals surface area contributed by atoms with Gasteiger partial charge in [-0.1, -0.05) is 30.3 Å². The Balaban J connectivity index is 2.04. The van der Waals surface area contributed by atoms with Crippen molar-refractivity contribution in [1.29, 1.82) is 0 Å². The Morgan fingerprint density at radius 2 is 1.81 bits per heavy atom. The van der Waals surface area contributed by atoms with E-state index in [-0.39, 0.29) is 30.4 Å². The van der Waals surface area contributed by atoms with Crippen LogP contribution in [-0.4, -0.2) is 49.7 Å². The van der Waals surface area contributed by atoms with Gasteiger partial charge in [-0.3, -0.25) is 4.79 Å². The Labute approximate surface area is 150 Å². The predicted octanol–water partition coefficient (Wildman–Crippen LogP) is 2.56. The molecule has 0 aromatic heterocycles. The van der Waals surface area contributed by atoms with Gasteiger partial charge in [0.25, 0.3) is 0 Å². The van der Waals surface area contributed by atoms with Crippen LogP contribution in [0.15, 0.2) is 36.4 Å². The SMILES string of the molecule is CCS(=O)(=O)N1CCC(NC(=O)/C=C(\c2ccccc2)C(F)(F)F)CC1. The Kier molecular flexibility index (Phi) is 6.46. The van der Waals surface area contributed by atoms with Crippen LogP contribution >= 0.6 is 0 Å².